The molecule has 0 fully saturated rings. The first-order valence-corrected chi connectivity index (χ1v) is 6.64. The average Bonchev–Trinajstić information content (AvgIpc) is 2.37. The minimum atomic E-state index is -1.39. The summed E-state index contributed by atoms with van der Waals surface area (Å²) in [4.78, 5) is 23.4. The van der Waals surface area contributed by atoms with Gasteiger partial charge in [0.15, 0.2) is 5.54 Å². The standard InChI is InChI=1S/C14H18ClNO3/c1-3-5-12(17)16-14(4-2,13(18)19)10-6-8-11(15)9-7-10/h6-9H,3-5H2,1-2H3,(H,16,17)(H,18,19). The lowest BCUT2D eigenvalue weighted by Crippen LogP contribution is -2.51. The molecule has 104 valence electrons. The van der Waals surface area contributed by atoms with Crippen LogP contribution in [0.2, 0.25) is 5.02 Å². The Balaban J connectivity index is 3.15. The quantitative estimate of drug-likeness (QED) is 0.843. The Hall–Kier alpha value is -1.55. The number of amides is 1. The van der Waals surface area contributed by atoms with Crippen molar-refractivity contribution in [2.45, 2.75) is 38.6 Å². The zero-order valence-electron chi connectivity index (χ0n) is 11.1. The molecule has 0 radical (unpaired) electrons. The van der Waals surface area contributed by atoms with Crippen LogP contribution in [-0.2, 0) is 15.1 Å². The van der Waals surface area contributed by atoms with Crippen molar-refractivity contribution in [2.75, 3.05) is 0 Å². The van der Waals surface area contributed by atoms with Gasteiger partial charge in [-0.05, 0) is 30.5 Å². The molecule has 1 rings (SSSR count). The molecule has 0 saturated heterocycles. The van der Waals surface area contributed by atoms with Gasteiger partial charge in [0.1, 0.15) is 0 Å². The smallest absolute Gasteiger partial charge is 0.334 e. The van der Waals surface area contributed by atoms with Gasteiger partial charge in [-0.3, -0.25) is 4.79 Å². The molecule has 0 bridgehead atoms. The van der Waals surface area contributed by atoms with Crippen LogP contribution >= 0.6 is 11.6 Å². The van der Waals surface area contributed by atoms with E-state index in [1.54, 1.807) is 31.2 Å². The van der Waals surface area contributed by atoms with E-state index in [1.807, 2.05) is 6.92 Å². The number of rotatable bonds is 6. The molecule has 0 heterocycles. The number of halogens is 1. The molecule has 0 aliphatic rings. The molecule has 1 atom stereocenters. The summed E-state index contributed by atoms with van der Waals surface area (Å²) in [5.74, 6) is -1.33. The highest BCUT2D eigenvalue weighted by molar-refractivity contribution is 6.30. The van der Waals surface area contributed by atoms with Crippen molar-refractivity contribution in [3.05, 3.63) is 34.9 Å². The van der Waals surface area contributed by atoms with Crippen LogP contribution in [0.15, 0.2) is 24.3 Å². The maximum absolute atomic E-state index is 11.8. The van der Waals surface area contributed by atoms with E-state index in [2.05, 4.69) is 5.32 Å². The van der Waals surface area contributed by atoms with Crippen LogP contribution in [0.3, 0.4) is 0 Å². The van der Waals surface area contributed by atoms with Gasteiger partial charge in [-0.25, -0.2) is 4.79 Å². The lowest BCUT2D eigenvalue weighted by molar-refractivity contribution is -0.148. The molecule has 0 saturated carbocycles. The number of benzene rings is 1. The third-order valence-electron chi connectivity index (χ3n) is 3.06. The highest BCUT2D eigenvalue weighted by Gasteiger charge is 2.39. The van der Waals surface area contributed by atoms with Crippen LogP contribution in [0, 0.1) is 0 Å². The molecule has 0 aliphatic heterocycles. The van der Waals surface area contributed by atoms with Gasteiger partial charge < -0.3 is 10.4 Å². The molecule has 19 heavy (non-hydrogen) atoms. The van der Waals surface area contributed by atoms with Crippen LogP contribution in [0.4, 0.5) is 0 Å². The Kier molecular flexibility index (Phi) is 5.36. The zero-order valence-corrected chi connectivity index (χ0v) is 11.8. The Morgan fingerprint density at radius 2 is 1.84 bits per heavy atom. The number of carbonyl (C=O) groups is 2. The highest BCUT2D eigenvalue weighted by Crippen LogP contribution is 2.27. The number of carbonyl (C=O) groups excluding carboxylic acids is 1. The van der Waals surface area contributed by atoms with Crippen molar-refractivity contribution >= 4 is 23.5 Å². The number of nitrogens with one attached hydrogen (secondary N) is 1. The Bertz CT molecular complexity index is 458. The normalized spacial score (nSPS) is 13.6. The molecule has 0 aliphatic carbocycles. The van der Waals surface area contributed by atoms with E-state index in [9.17, 15) is 14.7 Å². The molecule has 5 heteroatoms. The lowest BCUT2D eigenvalue weighted by Gasteiger charge is -2.30. The fourth-order valence-electron chi connectivity index (χ4n) is 1.95. The zero-order chi connectivity index (χ0) is 14.5. The van der Waals surface area contributed by atoms with Gasteiger partial charge in [0.05, 0.1) is 0 Å². The van der Waals surface area contributed by atoms with E-state index in [-0.39, 0.29) is 12.3 Å². The van der Waals surface area contributed by atoms with Gasteiger partial charge in [0.2, 0.25) is 5.91 Å². The minimum absolute atomic E-state index is 0.262. The van der Waals surface area contributed by atoms with Gasteiger partial charge in [-0.15, -0.1) is 0 Å². The van der Waals surface area contributed by atoms with Crippen LogP contribution in [0.25, 0.3) is 0 Å². The van der Waals surface area contributed by atoms with E-state index in [4.69, 9.17) is 11.6 Å². The summed E-state index contributed by atoms with van der Waals surface area (Å²) in [6, 6.07) is 6.50. The fourth-order valence-corrected chi connectivity index (χ4v) is 2.08. The molecule has 0 aromatic heterocycles. The second-order valence-corrected chi connectivity index (χ2v) is 4.81. The van der Waals surface area contributed by atoms with Gasteiger partial charge in [0, 0.05) is 11.4 Å². The highest BCUT2D eigenvalue weighted by atomic mass is 35.5. The number of hydrogen-bond acceptors (Lipinski definition) is 2. The number of aliphatic carboxylic acids is 1. The summed E-state index contributed by atoms with van der Waals surface area (Å²) in [7, 11) is 0. The molecule has 1 amide bonds. The topological polar surface area (TPSA) is 66.4 Å². The van der Waals surface area contributed by atoms with Crippen LogP contribution in [0.5, 0.6) is 0 Å². The second-order valence-electron chi connectivity index (χ2n) is 4.37. The molecule has 0 spiro atoms. The summed E-state index contributed by atoms with van der Waals surface area (Å²) in [5.41, 5.74) is -0.868. The number of carboxylic acids is 1. The second kappa shape index (κ2) is 6.57. The summed E-state index contributed by atoms with van der Waals surface area (Å²) >= 11 is 5.81. The van der Waals surface area contributed by atoms with E-state index in [0.717, 1.165) is 0 Å². The van der Waals surface area contributed by atoms with Crippen LogP contribution in [-0.4, -0.2) is 17.0 Å². The molecular formula is C14H18ClNO3. The third kappa shape index (κ3) is 3.47. The first-order chi connectivity index (χ1) is 8.96. The Morgan fingerprint density at radius 1 is 1.26 bits per heavy atom. The maximum Gasteiger partial charge on any atom is 0.334 e. The molecular weight excluding hydrogens is 266 g/mol. The van der Waals surface area contributed by atoms with Crippen molar-refractivity contribution in [1.29, 1.82) is 0 Å². The van der Waals surface area contributed by atoms with E-state index < -0.39 is 11.5 Å². The lowest BCUT2D eigenvalue weighted by atomic mass is 9.87. The number of carboxylic acid groups (broad SMARTS) is 1. The summed E-state index contributed by atoms with van der Waals surface area (Å²) in [6.45, 7) is 3.60. The van der Waals surface area contributed by atoms with Crippen molar-refractivity contribution in [1.82, 2.24) is 5.32 Å². The maximum atomic E-state index is 11.8. The van der Waals surface area contributed by atoms with Crippen molar-refractivity contribution in [3.63, 3.8) is 0 Å². The molecule has 1 aromatic carbocycles. The molecule has 2 N–H and O–H groups in total. The van der Waals surface area contributed by atoms with Crippen LogP contribution < -0.4 is 5.32 Å². The van der Waals surface area contributed by atoms with Crippen molar-refractivity contribution in [3.8, 4) is 0 Å². The fraction of sp³-hybridized carbons (Fsp3) is 0.429. The predicted molar refractivity (Wildman–Crippen MR) is 74.1 cm³/mol. The molecule has 1 aromatic rings. The van der Waals surface area contributed by atoms with Gasteiger partial charge >= 0.3 is 5.97 Å². The monoisotopic (exact) mass is 283 g/mol. The molecule has 1 unspecified atom stereocenters. The Labute approximate surface area is 117 Å². The summed E-state index contributed by atoms with van der Waals surface area (Å²) in [6.07, 6.45) is 1.24. The first kappa shape index (κ1) is 15.5. The van der Waals surface area contributed by atoms with E-state index in [0.29, 0.717) is 23.4 Å². The first-order valence-electron chi connectivity index (χ1n) is 6.26. The van der Waals surface area contributed by atoms with Gasteiger partial charge in [-0.2, -0.15) is 0 Å². The molecule has 4 nitrogen and oxygen atoms in total. The minimum Gasteiger partial charge on any atom is -0.479 e. The Morgan fingerprint density at radius 3 is 2.26 bits per heavy atom. The van der Waals surface area contributed by atoms with E-state index in [1.165, 1.54) is 0 Å². The van der Waals surface area contributed by atoms with Gasteiger partial charge in [0.25, 0.3) is 0 Å². The van der Waals surface area contributed by atoms with Crippen molar-refractivity contribution in [2.24, 2.45) is 0 Å². The predicted octanol–water partition coefficient (Wildman–Crippen LogP) is 2.95. The summed E-state index contributed by atoms with van der Waals surface area (Å²) < 4.78 is 0. The largest absolute Gasteiger partial charge is 0.479 e. The van der Waals surface area contributed by atoms with Crippen molar-refractivity contribution < 1.29 is 14.7 Å². The average molecular weight is 284 g/mol. The third-order valence-corrected chi connectivity index (χ3v) is 3.31. The van der Waals surface area contributed by atoms with Crippen LogP contribution in [0.1, 0.15) is 38.7 Å². The SMILES string of the molecule is CCCC(=O)NC(CC)(C(=O)O)c1ccc(Cl)cc1. The number of hydrogen-bond donors (Lipinski definition) is 2. The van der Waals surface area contributed by atoms with E-state index >= 15 is 0 Å². The van der Waals surface area contributed by atoms with Gasteiger partial charge in [-0.1, -0.05) is 37.6 Å². The summed E-state index contributed by atoms with van der Waals surface area (Å²) in [5, 5.41) is 12.7.